The number of thiazole rings is 1. The molecule has 6 nitrogen and oxygen atoms in total. The number of hydrogen-bond donors (Lipinski definition) is 2. The molecule has 0 aliphatic rings. The lowest BCUT2D eigenvalue weighted by atomic mass is 10.1. The van der Waals surface area contributed by atoms with Gasteiger partial charge in [0.15, 0.2) is 5.96 Å². The number of aromatic nitrogens is 2. The Morgan fingerprint density at radius 1 is 1.26 bits per heavy atom. The van der Waals surface area contributed by atoms with Gasteiger partial charge in [-0.25, -0.2) is 4.98 Å². The molecule has 0 bridgehead atoms. The maximum Gasteiger partial charge on any atom is 0.191 e. The molecule has 0 saturated carbocycles. The van der Waals surface area contributed by atoms with Crippen molar-refractivity contribution in [2.75, 3.05) is 19.6 Å². The van der Waals surface area contributed by atoms with Crippen molar-refractivity contribution in [3.8, 4) is 0 Å². The SMILES string of the molecule is CCNC(=NCCc1ncc(C)s1)NCCc1c(C)noc1C. The zero-order valence-corrected chi connectivity index (χ0v) is 15.1. The van der Waals surface area contributed by atoms with Gasteiger partial charge < -0.3 is 15.2 Å². The molecule has 2 aromatic heterocycles. The second-order valence-corrected chi connectivity index (χ2v) is 6.67. The van der Waals surface area contributed by atoms with Crippen LogP contribution in [0.25, 0.3) is 0 Å². The predicted octanol–water partition coefficient (Wildman–Crippen LogP) is 2.40. The molecular weight excluding hydrogens is 310 g/mol. The normalized spacial score (nSPS) is 11.7. The lowest BCUT2D eigenvalue weighted by Gasteiger charge is -2.11. The Morgan fingerprint density at radius 2 is 2.09 bits per heavy atom. The molecule has 0 aliphatic heterocycles. The summed E-state index contributed by atoms with van der Waals surface area (Å²) >= 11 is 1.73. The van der Waals surface area contributed by atoms with Crippen LogP contribution in [0.5, 0.6) is 0 Å². The van der Waals surface area contributed by atoms with Gasteiger partial charge in [-0.1, -0.05) is 5.16 Å². The van der Waals surface area contributed by atoms with Gasteiger partial charge in [0, 0.05) is 42.7 Å². The monoisotopic (exact) mass is 335 g/mol. The molecule has 0 radical (unpaired) electrons. The number of hydrogen-bond acceptors (Lipinski definition) is 5. The van der Waals surface area contributed by atoms with Crippen LogP contribution in [-0.4, -0.2) is 35.7 Å². The molecular formula is C16H25N5OS. The Hall–Kier alpha value is -1.89. The number of nitrogens with one attached hydrogen (secondary N) is 2. The summed E-state index contributed by atoms with van der Waals surface area (Å²) in [6.45, 7) is 10.4. The summed E-state index contributed by atoms with van der Waals surface area (Å²) in [6, 6.07) is 0. The van der Waals surface area contributed by atoms with Gasteiger partial charge in [-0.3, -0.25) is 4.99 Å². The number of aryl methyl sites for hydroxylation is 3. The molecule has 2 rings (SSSR count). The topological polar surface area (TPSA) is 75.3 Å². The van der Waals surface area contributed by atoms with E-state index >= 15 is 0 Å². The molecule has 2 heterocycles. The van der Waals surface area contributed by atoms with E-state index < -0.39 is 0 Å². The maximum absolute atomic E-state index is 5.19. The van der Waals surface area contributed by atoms with Crippen LogP contribution >= 0.6 is 11.3 Å². The molecule has 2 N–H and O–H groups in total. The summed E-state index contributed by atoms with van der Waals surface area (Å²) in [7, 11) is 0. The molecule has 7 heteroatoms. The standard InChI is InChI=1S/C16H25N5OS/c1-5-17-16(19-9-7-15-20-10-11(2)23-15)18-8-6-14-12(3)21-22-13(14)4/h10H,5-9H2,1-4H3,(H2,17,18,19). The quantitative estimate of drug-likeness (QED) is 0.600. The molecule has 0 aliphatic carbocycles. The van der Waals surface area contributed by atoms with Crippen molar-refractivity contribution in [2.45, 2.75) is 40.5 Å². The van der Waals surface area contributed by atoms with Crippen molar-refractivity contribution in [3.63, 3.8) is 0 Å². The van der Waals surface area contributed by atoms with Crippen LogP contribution < -0.4 is 10.6 Å². The van der Waals surface area contributed by atoms with Crippen LogP contribution in [-0.2, 0) is 12.8 Å². The summed E-state index contributed by atoms with van der Waals surface area (Å²) in [5, 5.41) is 11.7. The molecule has 0 atom stereocenters. The first-order valence-electron chi connectivity index (χ1n) is 7.95. The number of aliphatic imine (C=N–C) groups is 1. The highest BCUT2D eigenvalue weighted by Crippen LogP contribution is 2.12. The zero-order valence-electron chi connectivity index (χ0n) is 14.3. The minimum Gasteiger partial charge on any atom is -0.361 e. The second-order valence-electron chi connectivity index (χ2n) is 5.35. The van der Waals surface area contributed by atoms with E-state index in [1.165, 1.54) is 10.4 Å². The fraction of sp³-hybridized carbons (Fsp3) is 0.562. The van der Waals surface area contributed by atoms with E-state index in [2.05, 4.69) is 39.6 Å². The number of guanidine groups is 1. The highest BCUT2D eigenvalue weighted by Gasteiger charge is 2.08. The molecule has 0 fully saturated rings. The van der Waals surface area contributed by atoms with Crippen LogP contribution in [0.1, 0.15) is 33.8 Å². The van der Waals surface area contributed by atoms with Gasteiger partial charge in [0.05, 0.1) is 10.7 Å². The fourth-order valence-electron chi connectivity index (χ4n) is 2.29. The Bertz CT molecular complexity index is 627. The first kappa shape index (κ1) is 17.5. The average Bonchev–Trinajstić information content (AvgIpc) is 3.07. The van der Waals surface area contributed by atoms with E-state index in [1.54, 1.807) is 11.3 Å². The molecule has 0 spiro atoms. The van der Waals surface area contributed by atoms with Crippen LogP contribution in [0, 0.1) is 20.8 Å². The highest BCUT2D eigenvalue weighted by molar-refractivity contribution is 7.11. The van der Waals surface area contributed by atoms with E-state index in [4.69, 9.17) is 4.52 Å². The van der Waals surface area contributed by atoms with Gasteiger partial charge in [-0.05, 0) is 34.1 Å². The molecule has 0 amide bonds. The van der Waals surface area contributed by atoms with Crippen molar-refractivity contribution < 1.29 is 4.52 Å². The molecule has 0 unspecified atom stereocenters. The second kappa shape index (κ2) is 8.67. The largest absolute Gasteiger partial charge is 0.361 e. The molecule has 2 aromatic rings. The van der Waals surface area contributed by atoms with Gasteiger partial charge in [-0.15, -0.1) is 11.3 Å². The minimum atomic E-state index is 0.730. The zero-order chi connectivity index (χ0) is 16.7. The minimum absolute atomic E-state index is 0.730. The Kier molecular flexibility index (Phi) is 6.58. The summed E-state index contributed by atoms with van der Waals surface area (Å²) in [6.07, 6.45) is 3.66. The van der Waals surface area contributed by atoms with Crippen molar-refractivity contribution in [1.29, 1.82) is 0 Å². The van der Waals surface area contributed by atoms with E-state index in [0.29, 0.717) is 0 Å². The highest BCUT2D eigenvalue weighted by atomic mass is 32.1. The van der Waals surface area contributed by atoms with Crippen molar-refractivity contribution in [2.24, 2.45) is 4.99 Å². The summed E-state index contributed by atoms with van der Waals surface area (Å²) in [4.78, 5) is 10.2. The van der Waals surface area contributed by atoms with E-state index in [9.17, 15) is 0 Å². The van der Waals surface area contributed by atoms with Crippen LogP contribution in [0.2, 0.25) is 0 Å². The number of nitrogens with zero attached hydrogens (tertiary/aromatic N) is 3. The Labute approximate surface area is 141 Å². The Morgan fingerprint density at radius 3 is 2.70 bits per heavy atom. The van der Waals surface area contributed by atoms with Gasteiger partial charge in [0.25, 0.3) is 0 Å². The van der Waals surface area contributed by atoms with Gasteiger partial charge in [0.2, 0.25) is 0 Å². The fourth-order valence-corrected chi connectivity index (χ4v) is 3.06. The summed E-state index contributed by atoms with van der Waals surface area (Å²) < 4.78 is 5.19. The molecule has 126 valence electrons. The first-order chi connectivity index (χ1) is 11.1. The predicted molar refractivity (Wildman–Crippen MR) is 94.2 cm³/mol. The van der Waals surface area contributed by atoms with Crippen LogP contribution in [0.15, 0.2) is 15.7 Å². The maximum atomic E-state index is 5.19. The van der Waals surface area contributed by atoms with E-state index in [1.807, 2.05) is 20.0 Å². The Balaban J connectivity index is 1.81. The lowest BCUT2D eigenvalue weighted by Crippen LogP contribution is -2.38. The summed E-state index contributed by atoms with van der Waals surface area (Å²) in [5.74, 6) is 1.73. The average molecular weight is 335 g/mol. The van der Waals surface area contributed by atoms with Gasteiger partial charge in [-0.2, -0.15) is 0 Å². The molecule has 0 saturated heterocycles. The third-order valence-corrected chi connectivity index (χ3v) is 4.43. The first-order valence-corrected chi connectivity index (χ1v) is 8.77. The third kappa shape index (κ3) is 5.35. The smallest absolute Gasteiger partial charge is 0.191 e. The molecule has 0 aromatic carbocycles. The third-order valence-electron chi connectivity index (χ3n) is 3.46. The van der Waals surface area contributed by atoms with E-state index in [-0.39, 0.29) is 0 Å². The van der Waals surface area contributed by atoms with Crippen molar-refractivity contribution in [3.05, 3.63) is 33.1 Å². The summed E-state index contributed by atoms with van der Waals surface area (Å²) in [5.41, 5.74) is 2.14. The van der Waals surface area contributed by atoms with Crippen molar-refractivity contribution in [1.82, 2.24) is 20.8 Å². The van der Waals surface area contributed by atoms with Gasteiger partial charge >= 0.3 is 0 Å². The van der Waals surface area contributed by atoms with Crippen molar-refractivity contribution >= 4 is 17.3 Å². The molecule has 23 heavy (non-hydrogen) atoms. The van der Waals surface area contributed by atoms with Crippen LogP contribution in [0.3, 0.4) is 0 Å². The van der Waals surface area contributed by atoms with Crippen LogP contribution in [0.4, 0.5) is 0 Å². The lowest BCUT2D eigenvalue weighted by molar-refractivity contribution is 0.392. The van der Waals surface area contributed by atoms with Gasteiger partial charge in [0.1, 0.15) is 5.76 Å². The van der Waals surface area contributed by atoms with E-state index in [0.717, 1.165) is 54.9 Å². The number of rotatable bonds is 7.